The highest BCUT2D eigenvalue weighted by Crippen LogP contribution is 2.10. The number of ether oxygens (including phenoxy) is 1. The van der Waals surface area contributed by atoms with Crippen LogP contribution in [-0.4, -0.2) is 35.0 Å². The Morgan fingerprint density at radius 2 is 2.65 bits per heavy atom. The Labute approximate surface area is 101 Å². The summed E-state index contributed by atoms with van der Waals surface area (Å²) < 4.78 is 7.23. The van der Waals surface area contributed by atoms with Crippen molar-refractivity contribution in [1.82, 2.24) is 15.1 Å². The second-order valence-electron chi connectivity index (χ2n) is 4.24. The Balaban J connectivity index is 1.73. The van der Waals surface area contributed by atoms with E-state index in [9.17, 15) is 0 Å². The molecule has 0 aromatic carbocycles. The Bertz CT molecular complexity index is 381. The number of aryl methyl sites for hydroxylation is 1. The summed E-state index contributed by atoms with van der Waals surface area (Å²) in [5.41, 5.74) is 6.81. The summed E-state index contributed by atoms with van der Waals surface area (Å²) >= 11 is 0. The van der Waals surface area contributed by atoms with Crippen molar-refractivity contribution in [2.45, 2.75) is 25.5 Å². The van der Waals surface area contributed by atoms with E-state index >= 15 is 0 Å². The van der Waals surface area contributed by atoms with Crippen LogP contribution in [0.3, 0.4) is 0 Å². The van der Waals surface area contributed by atoms with Crippen LogP contribution in [0.4, 0.5) is 0 Å². The molecule has 1 fully saturated rings. The third-order valence-electron chi connectivity index (χ3n) is 2.73. The topological polar surface area (TPSA) is 77.5 Å². The first-order valence-corrected chi connectivity index (χ1v) is 5.87. The monoisotopic (exact) mass is 237 g/mol. The molecule has 2 heterocycles. The van der Waals surface area contributed by atoms with Gasteiger partial charge in [0.05, 0.1) is 18.8 Å². The zero-order valence-corrected chi connectivity index (χ0v) is 10.1. The molecular weight excluding hydrogens is 218 g/mol. The quantitative estimate of drug-likeness (QED) is 0.571. The first kappa shape index (κ1) is 11.9. The maximum Gasteiger partial charge on any atom is 0.189 e. The van der Waals surface area contributed by atoms with Gasteiger partial charge in [-0.2, -0.15) is 5.10 Å². The third-order valence-corrected chi connectivity index (χ3v) is 2.73. The van der Waals surface area contributed by atoms with Crippen LogP contribution in [0.1, 0.15) is 18.4 Å². The largest absolute Gasteiger partial charge is 0.376 e. The average Bonchev–Trinajstić information content (AvgIpc) is 2.95. The molecule has 0 saturated carbocycles. The van der Waals surface area contributed by atoms with Crippen molar-refractivity contribution < 1.29 is 4.74 Å². The van der Waals surface area contributed by atoms with E-state index in [-0.39, 0.29) is 6.10 Å². The highest BCUT2D eigenvalue weighted by molar-refractivity contribution is 5.77. The number of nitrogens with zero attached hydrogens (tertiary/aromatic N) is 3. The van der Waals surface area contributed by atoms with E-state index in [1.165, 1.54) is 0 Å². The van der Waals surface area contributed by atoms with Gasteiger partial charge in [-0.1, -0.05) is 0 Å². The van der Waals surface area contributed by atoms with Gasteiger partial charge in [0, 0.05) is 32.0 Å². The van der Waals surface area contributed by atoms with Crippen LogP contribution in [0.25, 0.3) is 0 Å². The summed E-state index contributed by atoms with van der Waals surface area (Å²) in [6.07, 6.45) is 6.23. The van der Waals surface area contributed by atoms with Gasteiger partial charge in [0.25, 0.3) is 0 Å². The first-order chi connectivity index (χ1) is 8.24. The summed E-state index contributed by atoms with van der Waals surface area (Å²) in [5.74, 6) is 0.462. The molecule has 1 unspecified atom stereocenters. The zero-order valence-electron chi connectivity index (χ0n) is 10.1. The second-order valence-corrected chi connectivity index (χ2v) is 4.24. The molecule has 1 aliphatic rings. The van der Waals surface area contributed by atoms with Crippen molar-refractivity contribution >= 4 is 5.96 Å². The molecular formula is C11H19N5O. The standard InChI is InChI=1S/C11H19N5O/c1-16-8-9(6-15-16)5-13-11(12)14-7-10-3-2-4-17-10/h6,8,10H,2-5,7H2,1H3,(H3,12,13,14). The van der Waals surface area contributed by atoms with E-state index in [1.54, 1.807) is 10.9 Å². The second kappa shape index (κ2) is 5.67. The van der Waals surface area contributed by atoms with Crippen LogP contribution in [0, 0.1) is 0 Å². The maximum absolute atomic E-state index is 5.76. The van der Waals surface area contributed by atoms with Crippen molar-refractivity contribution in [1.29, 1.82) is 0 Å². The SMILES string of the molecule is Cn1cc(CN=C(N)NCC2CCCO2)cn1. The summed E-state index contributed by atoms with van der Waals surface area (Å²) in [6, 6.07) is 0. The lowest BCUT2D eigenvalue weighted by molar-refractivity contribution is 0.114. The summed E-state index contributed by atoms with van der Waals surface area (Å²) in [5, 5.41) is 7.15. The fourth-order valence-electron chi connectivity index (χ4n) is 1.81. The molecule has 0 radical (unpaired) electrons. The number of aliphatic imine (C=N–C) groups is 1. The Morgan fingerprint density at radius 1 is 1.76 bits per heavy atom. The fourth-order valence-corrected chi connectivity index (χ4v) is 1.81. The minimum absolute atomic E-state index is 0.280. The van der Waals surface area contributed by atoms with Gasteiger partial charge in [-0.05, 0) is 12.8 Å². The van der Waals surface area contributed by atoms with Gasteiger partial charge in [0.1, 0.15) is 0 Å². The molecule has 0 spiro atoms. The molecule has 1 saturated heterocycles. The Hall–Kier alpha value is -1.56. The molecule has 94 valence electrons. The maximum atomic E-state index is 5.76. The lowest BCUT2D eigenvalue weighted by Crippen LogP contribution is -2.37. The molecule has 6 heteroatoms. The van der Waals surface area contributed by atoms with E-state index in [2.05, 4.69) is 15.4 Å². The summed E-state index contributed by atoms with van der Waals surface area (Å²) in [6.45, 7) is 2.15. The molecule has 0 bridgehead atoms. The number of nitrogens with one attached hydrogen (secondary N) is 1. The van der Waals surface area contributed by atoms with Gasteiger partial charge in [-0.25, -0.2) is 4.99 Å². The van der Waals surface area contributed by atoms with Gasteiger partial charge in [0.2, 0.25) is 0 Å². The van der Waals surface area contributed by atoms with Gasteiger partial charge in [-0.15, -0.1) is 0 Å². The molecule has 17 heavy (non-hydrogen) atoms. The molecule has 1 atom stereocenters. The van der Waals surface area contributed by atoms with Gasteiger partial charge in [-0.3, -0.25) is 4.68 Å². The molecule has 1 aromatic heterocycles. The highest BCUT2D eigenvalue weighted by atomic mass is 16.5. The lowest BCUT2D eigenvalue weighted by Gasteiger charge is -2.10. The smallest absolute Gasteiger partial charge is 0.189 e. The minimum atomic E-state index is 0.280. The number of guanidine groups is 1. The number of hydrogen-bond donors (Lipinski definition) is 2. The summed E-state index contributed by atoms with van der Waals surface area (Å²) in [4.78, 5) is 4.24. The van der Waals surface area contributed by atoms with Crippen molar-refractivity contribution in [3.8, 4) is 0 Å². The molecule has 1 aliphatic heterocycles. The van der Waals surface area contributed by atoms with E-state index in [0.29, 0.717) is 12.5 Å². The van der Waals surface area contributed by atoms with Gasteiger partial charge >= 0.3 is 0 Å². The molecule has 3 N–H and O–H groups in total. The van der Waals surface area contributed by atoms with E-state index in [0.717, 1.165) is 31.6 Å². The zero-order chi connectivity index (χ0) is 12.1. The summed E-state index contributed by atoms with van der Waals surface area (Å²) in [7, 11) is 1.88. The number of hydrogen-bond acceptors (Lipinski definition) is 3. The normalized spacial score (nSPS) is 20.8. The fraction of sp³-hybridized carbons (Fsp3) is 0.636. The third kappa shape index (κ3) is 3.74. The number of nitrogens with two attached hydrogens (primary N) is 1. The Morgan fingerprint density at radius 3 is 3.29 bits per heavy atom. The van der Waals surface area contributed by atoms with Crippen molar-refractivity contribution in [3.05, 3.63) is 18.0 Å². The van der Waals surface area contributed by atoms with E-state index in [1.807, 2.05) is 13.2 Å². The average molecular weight is 237 g/mol. The van der Waals surface area contributed by atoms with Crippen LogP contribution in [0.2, 0.25) is 0 Å². The molecule has 2 rings (SSSR count). The molecule has 0 amide bonds. The van der Waals surface area contributed by atoms with E-state index < -0.39 is 0 Å². The lowest BCUT2D eigenvalue weighted by atomic mass is 10.2. The van der Waals surface area contributed by atoms with Crippen molar-refractivity contribution in [3.63, 3.8) is 0 Å². The highest BCUT2D eigenvalue weighted by Gasteiger charge is 2.14. The number of aromatic nitrogens is 2. The van der Waals surface area contributed by atoms with Crippen LogP contribution in [0.5, 0.6) is 0 Å². The van der Waals surface area contributed by atoms with Crippen LogP contribution in [0.15, 0.2) is 17.4 Å². The molecule has 0 aliphatic carbocycles. The predicted molar refractivity (Wildman–Crippen MR) is 65.5 cm³/mol. The Kier molecular flexibility index (Phi) is 3.98. The van der Waals surface area contributed by atoms with Crippen LogP contribution in [-0.2, 0) is 18.3 Å². The molecule has 6 nitrogen and oxygen atoms in total. The molecule has 1 aromatic rings. The minimum Gasteiger partial charge on any atom is -0.376 e. The van der Waals surface area contributed by atoms with E-state index in [4.69, 9.17) is 10.5 Å². The van der Waals surface area contributed by atoms with Gasteiger partial charge in [0.15, 0.2) is 5.96 Å². The van der Waals surface area contributed by atoms with Crippen LogP contribution < -0.4 is 11.1 Å². The number of rotatable bonds is 4. The van der Waals surface area contributed by atoms with Crippen molar-refractivity contribution in [2.24, 2.45) is 17.8 Å². The van der Waals surface area contributed by atoms with Crippen LogP contribution >= 0.6 is 0 Å². The first-order valence-electron chi connectivity index (χ1n) is 5.87. The van der Waals surface area contributed by atoms with Gasteiger partial charge < -0.3 is 15.8 Å². The van der Waals surface area contributed by atoms with Crippen molar-refractivity contribution in [2.75, 3.05) is 13.2 Å². The predicted octanol–water partition coefficient (Wildman–Crippen LogP) is 0.00340.